The summed E-state index contributed by atoms with van der Waals surface area (Å²) in [7, 11) is 0. The number of hydrogen-bond donors (Lipinski definition) is 0. The number of aryl methyl sites for hydroxylation is 1. The van der Waals surface area contributed by atoms with Crippen LogP contribution in [0.4, 0.5) is 0 Å². The third kappa shape index (κ3) is 3.28. The van der Waals surface area contributed by atoms with E-state index in [1.807, 2.05) is 22.8 Å². The molecule has 0 fully saturated rings. The van der Waals surface area contributed by atoms with Crippen LogP contribution in [0, 0.1) is 0 Å². The molecule has 2 rings (SSSR count). The molecule has 0 aliphatic rings. The lowest BCUT2D eigenvalue weighted by atomic mass is 10.3. The molecule has 6 heteroatoms. The van der Waals surface area contributed by atoms with Gasteiger partial charge in [-0.25, -0.2) is 4.98 Å². The Morgan fingerprint density at radius 1 is 1.53 bits per heavy atom. The zero-order chi connectivity index (χ0) is 13.8. The first-order valence-corrected chi connectivity index (χ1v) is 7.34. The third-order valence-electron chi connectivity index (χ3n) is 2.70. The number of benzene rings is 1. The van der Waals surface area contributed by atoms with E-state index in [0.29, 0.717) is 18.9 Å². The van der Waals surface area contributed by atoms with Gasteiger partial charge in [-0.05, 0) is 25.1 Å². The maximum absolute atomic E-state index is 11.7. The topological polar surface area (TPSA) is 44.1 Å². The molecule has 0 aliphatic carbocycles. The van der Waals surface area contributed by atoms with Crippen molar-refractivity contribution in [3.05, 3.63) is 28.5 Å². The Bertz CT molecular complexity index is 598. The van der Waals surface area contributed by atoms with Crippen molar-refractivity contribution in [2.45, 2.75) is 19.9 Å². The molecule has 0 bridgehead atoms. The molecule has 0 aliphatic heterocycles. The normalized spacial score (nSPS) is 10.9. The van der Waals surface area contributed by atoms with Gasteiger partial charge in [0.1, 0.15) is 12.4 Å². The molecule has 0 N–H and O–H groups in total. The van der Waals surface area contributed by atoms with Gasteiger partial charge in [0.25, 0.3) is 0 Å². The van der Waals surface area contributed by atoms with E-state index in [4.69, 9.17) is 16.3 Å². The van der Waals surface area contributed by atoms with Gasteiger partial charge >= 0.3 is 5.97 Å². The second-order valence-electron chi connectivity index (χ2n) is 3.99. The Labute approximate surface area is 124 Å². The predicted molar refractivity (Wildman–Crippen MR) is 78.5 cm³/mol. The number of fused-ring (bicyclic) bond motifs is 1. The summed E-state index contributed by atoms with van der Waals surface area (Å²) in [6, 6.07) is 5.79. The predicted octanol–water partition coefficient (Wildman–Crippen LogP) is 3.14. The van der Waals surface area contributed by atoms with Crippen molar-refractivity contribution in [2.75, 3.05) is 12.5 Å². The molecule has 1 aromatic heterocycles. The Hall–Kier alpha value is -1.07. The number of halogens is 2. The Morgan fingerprint density at radius 3 is 3.00 bits per heavy atom. The molecule has 0 amide bonds. The van der Waals surface area contributed by atoms with Gasteiger partial charge in [-0.15, -0.1) is 11.6 Å². The van der Waals surface area contributed by atoms with Crippen LogP contribution in [0.1, 0.15) is 12.7 Å². The zero-order valence-electron chi connectivity index (χ0n) is 10.5. The molecule has 1 heterocycles. The highest BCUT2D eigenvalue weighted by atomic mass is 79.9. The fraction of sp³-hybridized carbons (Fsp3) is 0.385. The number of aromatic nitrogens is 2. The van der Waals surface area contributed by atoms with E-state index < -0.39 is 0 Å². The number of carbonyl (C=O) groups is 1. The van der Waals surface area contributed by atoms with Crippen molar-refractivity contribution >= 4 is 44.5 Å². The van der Waals surface area contributed by atoms with Crippen molar-refractivity contribution < 1.29 is 9.53 Å². The van der Waals surface area contributed by atoms with Gasteiger partial charge in [-0.3, -0.25) is 4.79 Å². The quantitative estimate of drug-likeness (QED) is 0.618. The molecule has 102 valence electrons. The van der Waals surface area contributed by atoms with E-state index in [2.05, 4.69) is 20.9 Å². The maximum atomic E-state index is 11.7. The molecule has 0 saturated heterocycles. The first kappa shape index (κ1) is 14.3. The highest BCUT2D eigenvalue weighted by Crippen LogP contribution is 2.21. The van der Waals surface area contributed by atoms with Crippen LogP contribution in [0.15, 0.2) is 22.7 Å². The largest absolute Gasteiger partial charge is 0.465 e. The third-order valence-corrected chi connectivity index (χ3v) is 3.38. The number of carbonyl (C=O) groups excluding carboxylic acids is 1. The lowest BCUT2D eigenvalue weighted by Gasteiger charge is -2.07. The lowest BCUT2D eigenvalue weighted by molar-refractivity contribution is -0.143. The van der Waals surface area contributed by atoms with Crippen LogP contribution in [0.3, 0.4) is 0 Å². The number of nitrogens with zero attached hydrogens (tertiary/aromatic N) is 2. The Balaban J connectivity index is 2.42. The molecule has 19 heavy (non-hydrogen) atoms. The van der Waals surface area contributed by atoms with Crippen LogP contribution in [-0.2, 0) is 22.5 Å². The first-order chi connectivity index (χ1) is 9.15. The maximum Gasteiger partial charge on any atom is 0.326 e. The summed E-state index contributed by atoms with van der Waals surface area (Å²) in [6.45, 7) is 2.33. The van der Waals surface area contributed by atoms with Gasteiger partial charge in [0.05, 0.1) is 17.6 Å². The van der Waals surface area contributed by atoms with E-state index in [0.717, 1.165) is 21.3 Å². The summed E-state index contributed by atoms with van der Waals surface area (Å²) in [5.74, 6) is 1.00. The molecule has 0 unspecified atom stereocenters. The number of rotatable bonds is 5. The Kier molecular flexibility index (Phi) is 4.82. The summed E-state index contributed by atoms with van der Waals surface area (Å²) in [6.07, 6.45) is 0.618. The van der Waals surface area contributed by atoms with Gasteiger partial charge in [0.15, 0.2) is 0 Å². The molecule has 0 spiro atoms. The molecular weight excluding hydrogens is 332 g/mol. The van der Waals surface area contributed by atoms with Gasteiger partial charge in [0, 0.05) is 16.8 Å². The minimum Gasteiger partial charge on any atom is -0.465 e. The molecule has 0 saturated carbocycles. The second-order valence-corrected chi connectivity index (χ2v) is 5.28. The monoisotopic (exact) mass is 344 g/mol. The van der Waals surface area contributed by atoms with Gasteiger partial charge in [0.2, 0.25) is 0 Å². The van der Waals surface area contributed by atoms with Crippen LogP contribution >= 0.6 is 27.5 Å². The summed E-state index contributed by atoms with van der Waals surface area (Å²) in [4.78, 5) is 16.2. The zero-order valence-corrected chi connectivity index (χ0v) is 12.9. The molecule has 4 nitrogen and oxygen atoms in total. The van der Waals surface area contributed by atoms with Gasteiger partial charge < -0.3 is 9.30 Å². The average molecular weight is 346 g/mol. The Morgan fingerprint density at radius 2 is 2.32 bits per heavy atom. The van der Waals surface area contributed by atoms with Crippen LogP contribution in [0.25, 0.3) is 11.0 Å². The smallest absolute Gasteiger partial charge is 0.326 e. The number of ether oxygens (including phenoxy) is 1. The highest BCUT2D eigenvalue weighted by molar-refractivity contribution is 9.10. The number of hydrogen-bond acceptors (Lipinski definition) is 3. The molecule has 1 aromatic carbocycles. The van der Waals surface area contributed by atoms with Crippen LogP contribution in [0.5, 0.6) is 0 Å². The van der Waals surface area contributed by atoms with Crippen LogP contribution in [-0.4, -0.2) is 28.0 Å². The van der Waals surface area contributed by atoms with Crippen molar-refractivity contribution in [3.63, 3.8) is 0 Å². The van der Waals surface area contributed by atoms with Crippen molar-refractivity contribution in [2.24, 2.45) is 0 Å². The second kappa shape index (κ2) is 6.39. The highest BCUT2D eigenvalue weighted by Gasteiger charge is 2.14. The minimum atomic E-state index is -0.263. The minimum absolute atomic E-state index is 0.165. The standard InChI is InChI=1S/C13H14BrClN2O2/c1-2-19-13(18)8-17-11-4-3-9(14)7-10(11)16-12(17)5-6-15/h3-4,7H,2,5-6,8H2,1H3. The summed E-state index contributed by atoms with van der Waals surface area (Å²) >= 11 is 9.20. The first-order valence-electron chi connectivity index (χ1n) is 6.02. The van der Waals surface area contributed by atoms with Gasteiger partial charge in [-0.2, -0.15) is 0 Å². The average Bonchev–Trinajstić information content (AvgIpc) is 2.67. The lowest BCUT2D eigenvalue weighted by Crippen LogP contribution is -2.15. The summed E-state index contributed by atoms with van der Waals surface area (Å²) in [5.41, 5.74) is 1.76. The molecule has 0 atom stereocenters. The van der Waals surface area contributed by atoms with E-state index in [1.165, 1.54) is 0 Å². The summed E-state index contributed by atoms with van der Waals surface area (Å²) < 4.78 is 7.81. The molecular formula is C13H14BrClN2O2. The number of imidazole rings is 1. The fourth-order valence-corrected chi connectivity index (χ4v) is 2.46. The molecule has 2 aromatic rings. The van der Waals surface area contributed by atoms with Crippen molar-refractivity contribution in [3.8, 4) is 0 Å². The molecule has 0 radical (unpaired) electrons. The number of alkyl halides is 1. The van der Waals surface area contributed by atoms with Crippen LogP contribution < -0.4 is 0 Å². The van der Waals surface area contributed by atoms with E-state index in [9.17, 15) is 4.79 Å². The number of esters is 1. The van der Waals surface area contributed by atoms with Crippen molar-refractivity contribution in [1.29, 1.82) is 0 Å². The van der Waals surface area contributed by atoms with Crippen molar-refractivity contribution in [1.82, 2.24) is 9.55 Å². The van der Waals surface area contributed by atoms with Gasteiger partial charge in [-0.1, -0.05) is 15.9 Å². The van der Waals surface area contributed by atoms with Crippen LogP contribution in [0.2, 0.25) is 0 Å². The van der Waals surface area contributed by atoms with E-state index in [1.54, 1.807) is 6.92 Å². The summed E-state index contributed by atoms with van der Waals surface area (Å²) in [5, 5.41) is 0. The van der Waals surface area contributed by atoms with E-state index >= 15 is 0 Å². The fourth-order valence-electron chi connectivity index (χ4n) is 1.94. The SMILES string of the molecule is CCOC(=O)Cn1c(CCCl)nc2cc(Br)ccc21. The van der Waals surface area contributed by atoms with E-state index in [-0.39, 0.29) is 12.5 Å².